The van der Waals surface area contributed by atoms with E-state index in [1.165, 1.54) is 0 Å². The van der Waals surface area contributed by atoms with Crippen molar-refractivity contribution < 1.29 is 4.74 Å². The van der Waals surface area contributed by atoms with Gasteiger partial charge in [0.2, 0.25) is 0 Å². The minimum absolute atomic E-state index is 0.413. The minimum Gasteiger partial charge on any atom is -0.378 e. The van der Waals surface area contributed by atoms with Gasteiger partial charge in [-0.15, -0.1) is 0 Å². The van der Waals surface area contributed by atoms with E-state index in [9.17, 15) is 0 Å². The molecule has 1 N–H and O–H groups in total. The summed E-state index contributed by atoms with van der Waals surface area (Å²) in [6.45, 7) is 3.11. The van der Waals surface area contributed by atoms with Gasteiger partial charge in [-0.3, -0.25) is 4.98 Å². The molecule has 3 nitrogen and oxygen atoms in total. The molecule has 0 aliphatic carbocycles. The van der Waals surface area contributed by atoms with Crippen LogP contribution in [0.2, 0.25) is 0 Å². The lowest BCUT2D eigenvalue weighted by atomic mass is 9.88. The van der Waals surface area contributed by atoms with Crippen molar-refractivity contribution in [3.63, 3.8) is 0 Å². The van der Waals surface area contributed by atoms with Crippen LogP contribution in [0.5, 0.6) is 0 Å². The zero-order valence-corrected chi connectivity index (χ0v) is 10.7. The lowest BCUT2D eigenvalue weighted by molar-refractivity contribution is 0.0782. The summed E-state index contributed by atoms with van der Waals surface area (Å²) in [7, 11) is 2.04. The number of nitrogens with zero attached hydrogens (tertiary/aromatic N) is 1. The predicted octanol–water partition coefficient (Wildman–Crippen LogP) is 2.03. The maximum Gasteiger partial charge on any atom is 0.0616 e. The molecular formula is C14H22N2O. The number of rotatable bonds is 5. The number of likely N-dealkylation sites (N-methyl/N-ethyl adjacent to an activating group) is 1. The van der Waals surface area contributed by atoms with Gasteiger partial charge in [0.15, 0.2) is 0 Å². The Morgan fingerprint density at radius 2 is 2.41 bits per heavy atom. The number of pyridine rings is 1. The molecule has 1 saturated heterocycles. The molecule has 3 heteroatoms. The Morgan fingerprint density at radius 1 is 1.53 bits per heavy atom. The van der Waals surface area contributed by atoms with Crippen molar-refractivity contribution in [1.29, 1.82) is 0 Å². The number of hydrogen-bond donors (Lipinski definition) is 1. The molecule has 17 heavy (non-hydrogen) atoms. The van der Waals surface area contributed by atoms with Gasteiger partial charge in [0, 0.05) is 36.9 Å². The van der Waals surface area contributed by atoms with E-state index < -0.39 is 0 Å². The average Bonchev–Trinajstić information content (AvgIpc) is 2.85. The van der Waals surface area contributed by atoms with Gasteiger partial charge in [-0.1, -0.05) is 13.0 Å². The van der Waals surface area contributed by atoms with Gasteiger partial charge in [-0.2, -0.15) is 0 Å². The second-order valence-corrected chi connectivity index (χ2v) is 4.69. The summed E-state index contributed by atoms with van der Waals surface area (Å²) in [5.74, 6) is 0.618. The maximum absolute atomic E-state index is 5.77. The molecule has 1 aromatic rings. The molecule has 0 saturated carbocycles. The van der Waals surface area contributed by atoms with Crippen molar-refractivity contribution >= 4 is 0 Å². The maximum atomic E-state index is 5.77. The van der Waals surface area contributed by atoms with Crippen LogP contribution in [0.15, 0.2) is 24.4 Å². The fourth-order valence-electron chi connectivity index (χ4n) is 2.76. The Balaban J connectivity index is 2.01. The Hall–Kier alpha value is -0.930. The van der Waals surface area contributed by atoms with Gasteiger partial charge < -0.3 is 10.1 Å². The van der Waals surface area contributed by atoms with Crippen LogP contribution in [0.25, 0.3) is 0 Å². The van der Waals surface area contributed by atoms with E-state index >= 15 is 0 Å². The molecule has 0 amide bonds. The monoisotopic (exact) mass is 234 g/mol. The van der Waals surface area contributed by atoms with Crippen molar-refractivity contribution in [2.75, 3.05) is 13.7 Å². The molecule has 2 rings (SSSR count). The molecule has 1 aliphatic heterocycles. The minimum atomic E-state index is 0.413. The molecule has 0 aromatic carbocycles. The summed E-state index contributed by atoms with van der Waals surface area (Å²) in [6.07, 6.45) is 5.53. The smallest absolute Gasteiger partial charge is 0.0616 e. The summed E-state index contributed by atoms with van der Waals surface area (Å²) in [6, 6.07) is 6.58. The summed E-state index contributed by atoms with van der Waals surface area (Å²) in [5, 5.41) is 3.44. The van der Waals surface area contributed by atoms with Gasteiger partial charge in [-0.05, 0) is 32.0 Å². The SMILES string of the molecule is CCC1OCCC1C(Cc1ccccn1)NC. The first kappa shape index (κ1) is 12.5. The number of ether oxygens (including phenoxy) is 1. The highest BCUT2D eigenvalue weighted by atomic mass is 16.5. The van der Waals surface area contributed by atoms with Crippen molar-refractivity contribution in [2.24, 2.45) is 5.92 Å². The average molecular weight is 234 g/mol. The van der Waals surface area contributed by atoms with Crippen LogP contribution in [0.1, 0.15) is 25.5 Å². The van der Waals surface area contributed by atoms with Gasteiger partial charge in [0.1, 0.15) is 0 Å². The standard InChI is InChI=1S/C14H22N2O/c1-3-14-12(7-9-17-14)13(15-2)10-11-6-4-5-8-16-11/h4-6,8,12-15H,3,7,9-10H2,1-2H3. The van der Waals surface area contributed by atoms with E-state index in [2.05, 4.69) is 29.4 Å². The highest BCUT2D eigenvalue weighted by Gasteiger charge is 2.32. The highest BCUT2D eigenvalue weighted by molar-refractivity contribution is 5.06. The molecule has 1 aromatic heterocycles. The molecule has 1 fully saturated rings. The first-order valence-electron chi connectivity index (χ1n) is 6.54. The third kappa shape index (κ3) is 3.05. The van der Waals surface area contributed by atoms with E-state index in [-0.39, 0.29) is 0 Å². The lowest BCUT2D eigenvalue weighted by Gasteiger charge is -2.26. The Morgan fingerprint density at radius 3 is 3.06 bits per heavy atom. The Kier molecular flexibility index (Phi) is 4.51. The molecule has 2 heterocycles. The highest BCUT2D eigenvalue weighted by Crippen LogP contribution is 2.27. The normalized spacial score (nSPS) is 26.0. The second kappa shape index (κ2) is 6.12. The van der Waals surface area contributed by atoms with Crippen molar-refractivity contribution in [3.05, 3.63) is 30.1 Å². The van der Waals surface area contributed by atoms with Crippen LogP contribution in [0, 0.1) is 5.92 Å². The summed E-state index contributed by atoms with van der Waals surface area (Å²) >= 11 is 0. The predicted molar refractivity (Wildman–Crippen MR) is 68.9 cm³/mol. The van der Waals surface area contributed by atoms with Crippen LogP contribution >= 0.6 is 0 Å². The van der Waals surface area contributed by atoms with Crippen LogP contribution in [0.3, 0.4) is 0 Å². The van der Waals surface area contributed by atoms with E-state index in [1.54, 1.807) is 0 Å². The molecule has 3 unspecified atom stereocenters. The fourth-order valence-corrected chi connectivity index (χ4v) is 2.76. The summed E-state index contributed by atoms with van der Waals surface area (Å²) in [4.78, 5) is 4.41. The Bertz CT molecular complexity index is 328. The van der Waals surface area contributed by atoms with Crippen LogP contribution < -0.4 is 5.32 Å². The Labute approximate surface area is 104 Å². The molecule has 0 bridgehead atoms. The number of hydrogen-bond acceptors (Lipinski definition) is 3. The summed E-state index contributed by atoms with van der Waals surface area (Å²) in [5.41, 5.74) is 1.16. The quantitative estimate of drug-likeness (QED) is 0.846. The fraction of sp³-hybridized carbons (Fsp3) is 0.643. The topological polar surface area (TPSA) is 34.1 Å². The summed E-state index contributed by atoms with van der Waals surface area (Å²) < 4.78 is 5.77. The molecule has 3 atom stereocenters. The zero-order valence-electron chi connectivity index (χ0n) is 10.7. The number of aromatic nitrogens is 1. The van der Waals surface area contributed by atoms with Gasteiger partial charge in [-0.25, -0.2) is 0 Å². The molecule has 1 aliphatic rings. The molecule has 0 radical (unpaired) electrons. The van der Waals surface area contributed by atoms with Crippen LogP contribution in [-0.2, 0) is 11.2 Å². The first-order valence-corrected chi connectivity index (χ1v) is 6.54. The van der Waals surface area contributed by atoms with Gasteiger partial charge >= 0.3 is 0 Å². The molecular weight excluding hydrogens is 212 g/mol. The largest absolute Gasteiger partial charge is 0.378 e. The third-order valence-corrected chi connectivity index (χ3v) is 3.71. The third-order valence-electron chi connectivity index (χ3n) is 3.71. The number of nitrogens with one attached hydrogen (secondary N) is 1. The molecule has 0 spiro atoms. The zero-order chi connectivity index (χ0) is 12.1. The van der Waals surface area contributed by atoms with Crippen LogP contribution in [0.4, 0.5) is 0 Å². The van der Waals surface area contributed by atoms with Crippen LogP contribution in [-0.4, -0.2) is 30.8 Å². The van der Waals surface area contributed by atoms with Crippen molar-refractivity contribution in [3.8, 4) is 0 Å². The van der Waals surface area contributed by atoms with Gasteiger partial charge in [0.05, 0.1) is 6.10 Å². The van der Waals surface area contributed by atoms with E-state index in [0.717, 1.165) is 31.6 Å². The van der Waals surface area contributed by atoms with E-state index in [1.807, 2.05) is 19.3 Å². The first-order chi connectivity index (χ1) is 8.35. The second-order valence-electron chi connectivity index (χ2n) is 4.69. The van der Waals surface area contributed by atoms with E-state index in [0.29, 0.717) is 18.1 Å². The van der Waals surface area contributed by atoms with Crippen molar-refractivity contribution in [2.45, 2.75) is 38.3 Å². The van der Waals surface area contributed by atoms with E-state index in [4.69, 9.17) is 4.74 Å². The van der Waals surface area contributed by atoms with Crippen molar-refractivity contribution in [1.82, 2.24) is 10.3 Å². The van der Waals surface area contributed by atoms with Gasteiger partial charge in [0.25, 0.3) is 0 Å². The lowest BCUT2D eigenvalue weighted by Crippen LogP contribution is -2.39. The molecule has 94 valence electrons.